The quantitative estimate of drug-likeness (QED) is 0.813. The Kier molecular flexibility index (Phi) is 2.59. The molecule has 2 rings (SSSR count). The first kappa shape index (κ1) is 11.5. The number of para-hydroxylation sites is 1. The van der Waals surface area contributed by atoms with Gasteiger partial charge in [0.1, 0.15) is 5.82 Å². The van der Waals surface area contributed by atoms with Crippen LogP contribution in [0, 0.1) is 5.82 Å². The average Bonchev–Trinajstić information content (AvgIpc) is 2.60. The average molecular weight is 236 g/mol. The molecule has 1 aromatic carbocycles. The lowest BCUT2D eigenvalue weighted by atomic mass is 10.1. The molecule has 1 heterocycles. The van der Waals surface area contributed by atoms with E-state index < -0.39 is 17.0 Å². The Morgan fingerprint density at radius 1 is 1.41 bits per heavy atom. The van der Waals surface area contributed by atoms with Crippen molar-refractivity contribution >= 4 is 0 Å². The highest BCUT2D eigenvalue weighted by Gasteiger charge is 2.24. The molecule has 90 valence electrons. The summed E-state index contributed by atoms with van der Waals surface area (Å²) in [6.07, 6.45) is 0. The van der Waals surface area contributed by atoms with Crippen molar-refractivity contribution in [3.8, 4) is 5.69 Å². The summed E-state index contributed by atoms with van der Waals surface area (Å²) < 4.78 is 14.8. The minimum absolute atomic E-state index is 0.139. The van der Waals surface area contributed by atoms with Gasteiger partial charge in [-0.15, -0.1) is 0 Å². The Balaban J connectivity index is 2.73. The van der Waals surface area contributed by atoms with E-state index in [9.17, 15) is 9.18 Å². The Morgan fingerprint density at radius 3 is 2.65 bits per heavy atom. The summed E-state index contributed by atoms with van der Waals surface area (Å²) in [4.78, 5) is 11.7. The summed E-state index contributed by atoms with van der Waals surface area (Å²) in [6.45, 7) is 3.39. The van der Waals surface area contributed by atoms with E-state index in [1.54, 1.807) is 26.0 Å². The normalized spacial score (nSPS) is 11.8. The van der Waals surface area contributed by atoms with Crippen molar-refractivity contribution in [2.24, 2.45) is 5.73 Å². The highest BCUT2D eigenvalue weighted by molar-refractivity contribution is 5.35. The molecule has 0 saturated carbocycles. The lowest BCUT2D eigenvalue weighted by Gasteiger charge is -2.18. The van der Waals surface area contributed by atoms with Crippen molar-refractivity contribution in [1.29, 1.82) is 0 Å². The van der Waals surface area contributed by atoms with Gasteiger partial charge < -0.3 is 5.73 Å². The first-order chi connectivity index (χ1) is 7.91. The number of aromatic nitrogens is 3. The SMILES string of the molecule is CC(C)(N)c1n[nH]c(=O)n1-c1ccccc1F. The maximum absolute atomic E-state index is 13.7. The highest BCUT2D eigenvalue weighted by Crippen LogP contribution is 2.18. The summed E-state index contributed by atoms with van der Waals surface area (Å²) in [6, 6.07) is 5.98. The molecule has 0 bridgehead atoms. The molecule has 0 aliphatic heterocycles. The van der Waals surface area contributed by atoms with E-state index >= 15 is 0 Å². The summed E-state index contributed by atoms with van der Waals surface area (Å²) in [5.74, 6) is -0.214. The molecule has 0 spiro atoms. The molecule has 6 heteroatoms. The number of halogens is 1. The van der Waals surface area contributed by atoms with Crippen molar-refractivity contribution in [1.82, 2.24) is 14.8 Å². The van der Waals surface area contributed by atoms with Gasteiger partial charge in [0.25, 0.3) is 0 Å². The zero-order chi connectivity index (χ0) is 12.6. The van der Waals surface area contributed by atoms with Crippen LogP contribution in [0.1, 0.15) is 19.7 Å². The Bertz CT molecular complexity index is 594. The van der Waals surface area contributed by atoms with E-state index in [1.165, 1.54) is 12.1 Å². The fourth-order valence-electron chi connectivity index (χ4n) is 1.59. The Hall–Kier alpha value is -1.95. The Morgan fingerprint density at radius 2 is 2.06 bits per heavy atom. The second kappa shape index (κ2) is 3.81. The zero-order valence-electron chi connectivity index (χ0n) is 9.57. The van der Waals surface area contributed by atoms with Gasteiger partial charge in [-0.2, -0.15) is 5.10 Å². The molecule has 0 radical (unpaired) electrons. The second-order valence-corrected chi connectivity index (χ2v) is 4.36. The van der Waals surface area contributed by atoms with Crippen LogP contribution < -0.4 is 11.4 Å². The summed E-state index contributed by atoms with van der Waals surface area (Å²) >= 11 is 0. The van der Waals surface area contributed by atoms with Crippen LogP contribution in [0.4, 0.5) is 4.39 Å². The van der Waals surface area contributed by atoms with E-state index in [2.05, 4.69) is 10.2 Å². The number of aromatic amines is 1. The zero-order valence-corrected chi connectivity index (χ0v) is 9.57. The van der Waals surface area contributed by atoms with E-state index in [0.29, 0.717) is 0 Å². The molecule has 0 atom stereocenters. The third-order valence-electron chi connectivity index (χ3n) is 2.34. The topological polar surface area (TPSA) is 76.7 Å². The number of benzene rings is 1. The molecule has 0 amide bonds. The smallest absolute Gasteiger partial charge is 0.319 e. The number of nitrogens with two attached hydrogens (primary N) is 1. The highest BCUT2D eigenvalue weighted by atomic mass is 19.1. The molecule has 0 fully saturated rings. The van der Waals surface area contributed by atoms with Crippen LogP contribution in [0.5, 0.6) is 0 Å². The molecule has 0 aliphatic carbocycles. The summed E-state index contributed by atoms with van der Waals surface area (Å²) in [5, 5.41) is 6.12. The largest absolute Gasteiger partial charge is 0.348 e. The van der Waals surface area contributed by atoms with E-state index in [1.807, 2.05) is 0 Å². The van der Waals surface area contributed by atoms with Crippen LogP contribution in [0.25, 0.3) is 5.69 Å². The van der Waals surface area contributed by atoms with Crippen molar-refractivity contribution in [3.63, 3.8) is 0 Å². The van der Waals surface area contributed by atoms with E-state index in [0.717, 1.165) is 4.57 Å². The van der Waals surface area contributed by atoms with Gasteiger partial charge in [0.05, 0.1) is 11.2 Å². The van der Waals surface area contributed by atoms with E-state index in [-0.39, 0.29) is 11.5 Å². The number of nitrogens with one attached hydrogen (secondary N) is 1. The van der Waals surface area contributed by atoms with Gasteiger partial charge in [-0.1, -0.05) is 12.1 Å². The molecular formula is C11H13FN4O. The second-order valence-electron chi connectivity index (χ2n) is 4.36. The third kappa shape index (κ3) is 1.99. The predicted octanol–water partition coefficient (Wildman–Crippen LogP) is 0.894. The van der Waals surface area contributed by atoms with Gasteiger partial charge in [0.15, 0.2) is 5.82 Å². The van der Waals surface area contributed by atoms with Crippen molar-refractivity contribution in [2.45, 2.75) is 19.4 Å². The predicted molar refractivity (Wildman–Crippen MR) is 61.4 cm³/mol. The number of hydrogen-bond acceptors (Lipinski definition) is 3. The molecule has 17 heavy (non-hydrogen) atoms. The lowest BCUT2D eigenvalue weighted by molar-refractivity contribution is 0.497. The molecule has 0 unspecified atom stereocenters. The maximum Gasteiger partial charge on any atom is 0.348 e. The first-order valence-electron chi connectivity index (χ1n) is 5.13. The van der Waals surface area contributed by atoms with Crippen LogP contribution in [0.2, 0.25) is 0 Å². The van der Waals surface area contributed by atoms with Gasteiger partial charge in [0, 0.05) is 0 Å². The monoisotopic (exact) mass is 236 g/mol. The minimum atomic E-state index is -0.846. The third-order valence-corrected chi connectivity index (χ3v) is 2.34. The van der Waals surface area contributed by atoms with Gasteiger partial charge in [-0.3, -0.25) is 0 Å². The molecule has 1 aromatic heterocycles. The number of nitrogens with zero attached hydrogens (tertiary/aromatic N) is 2. The summed E-state index contributed by atoms with van der Waals surface area (Å²) in [7, 11) is 0. The van der Waals surface area contributed by atoms with Crippen LogP contribution in [-0.2, 0) is 5.54 Å². The van der Waals surface area contributed by atoms with Crippen LogP contribution >= 0.6 is 0 Å². The maximum atomic E-state index is 13.7. The standard InChI is InChI=1S/C11H13FN4O/c1-11(2,13)9-14-15-10(17)16(9)8-6-4-3-5-7(8)12/h3-6H,13H2,1-2H3,(H,15,17). The van der Waals surface area contributed by atoms with Gasteiger partial charge in [-0.05, 0) is 26.0 Å². The van der Waals surface area contributed by atoms with Gasteiger partial charge >= 0.3 is 5.69 Å². The number of rotatable bonds is 2. The number of hydrogen-bond donors (Lipinski definition) is 2. The molecule has 3 N–H and O–H groups in total. The molecular weight excluding hydrogens is 223 g/mol. The fourth-order valence-corrected chi connectivity index (χ4v) is 1.59. The first-order valence-corrected chi connectivity index (χ1v) is 5.13. The Labute approximate surface area is 97.1 Å². The van der Waals surface area contributed by atoms with Crippen molar-refractivity contribution in [3.05, 3.63) is 46.4 Å². The van der Waals surface area contributed by atoms with E-state index in [4.69, 9.17) is 5.73 Å². The van der Waals surface area contributed by atoms with Gasteiger partial charge in [-0.25, -0.2) is 18.9 Å². The molecule has 0 aliphatic rings. The van der Waals surface area contributed by atoms with Crippen molar-refractivity contribution < 1.29 is 4.39 Å². The van der Waals surface area contributed by atoms with Gasteiger partial charge in [0.2, 0.25) is 0 Å². The number of H-pyrrole nitrogens is 1. The molecule has 0 saturated heterocycles. The minimum Gasteiger partial charge on any atom is -0.319 e. The van der Waals surface area contributed by atoms with Crippen LogP contribution in [0.3, 0.4) is 0 Å². The fraction of sp³-hybridized carbons (Fsp3) is 0.273. The van der Waals surface area contributed by atoms with Crippen LogP contribution in [0.15, 0.2) is 29.1 Å². The lowest BCUT2D eigenvalue weighted by Crippen LogP contribution is -2.34. The van der Waals surface area contributed by atoms with Crippen LogP contribution in [-0.4, -0.2) is 14.8 Å². The molecule has 2 aromatic rings. The molecule has 5 nitrogen and oxygen atoms in total. The summed E-state index contributed by atoms with van der Waals surface area (Å²) in [5.41, 5.74) is 4.68. The van der Waals surface area contributed by atoms with Crippen molar-refractivity contribution in [2.75, 3.05) is 0 Å².